The van der Waals surface area contributed by atoms with Crippen molar-refractivity contribution >= 4 is 23.6 Å². The van der Waals surface area contributed by atoms with E-state index in [4.69, 9.17) is 4.74 Å². The maximum Gasteiger partial charge on any atom is 0.306 e. The third-order valence-electron chi connectivity index (χ3n) is 8.21. The molecule has 2 amide bonds. The highest BCUT2D eigenvalue weighted by molar-refractivity contribution is 6.06. The number of esters is 1. The van der Waals surface area contributed by atoms with Crippen molar-refractivity contribution in [1.29, 1.82) is 0 Å². The Morgan fingerprint density at radius 3 is 2.24 bits per heavy atom. The first-order chi connectivity index (χ1) is 15.9. The van der Waals surface area contributed by atoms with Crippen molar-refractivity contribution in [3.05, 3.63) is 47.0 Å². The molecular weight excluding hydrogens is 418 g/mol. The molecule has 174 valence electrons. The van der Waals surface area contributed by atoms with Crippen molar-refractivity contribution in [2.24, 2.45) is 35.5 Å². The lowest BCUT2D eigenvalue weighted by atomic mass is 9.63. The van der Waals surface area contributed by atoms with Crippen molar-refractivity contribution in [3.63, 3.8) is 0 Å². The molecule has 33 heavy (non-hydrogen) atoms. The minimum absolute atomic E-state index is 0.0129. The number of rotatable bonds is 9. The van der Waals surface area contributed by atoms with Gasteiger partial charge in [-0.2, -0.15) is 0 Å². The van der Waals surface area contributed by atoms with E-state index in [0.29, 0.717) is 36.8 Å². The third kappa shape index (κ3) is 3.94. The van der Waals surface area contributed by atoms with E-state index in [2.05, 4.69) is 12.2 Å². The summed E-state index contributed by atoms with van der Waals surface area (Å²) in [6.45, 7) is 4.10. The van der Waals surface area contributed by atoms with Crippen LogP contribution in [0.5, 0.6) is 0 Å². The van der Waals surface area contributed by atoms with Gasteiger partial charge in [0, 0.05) is 18.5 Å². The molecule has 1 heterocycles. The number of aryl methyl sites for hydroxylation is 2. The van der Waals surface area contributed by atoms with Crippen LogP contribution in [-0.4, -0.2) is 41.6 Å². The van der Waals surface area contributed by atoms with E-state index in [0.717, 1.165) is 17.5 Å². The van der Waals surface area contributed by atoms with Crippen LogP contribution in [0.15, 0.2) is 30.4 Å². The number of ether oxygens (including phenoxy) is 1. The van der Waals surface area contributed by atoms with Crippen LogP contribution in [0.2, 0.25) is 0 Å². The number of hydrogen-bond acceptors (Lipinski definition) is 5. The molecule has 1 aromatic rings. The lowest BCUT2D eigenvalue weighted by Gasteiger charge is -2.37. The molecular formula is C27H31NO5. The zero-order chi connectivity index (χ0) is 23.3. The first kappa shape index (κ1) is 22.1. The summed E-state index contributed by atoms with van der Waals surface area (Å²) in [7, 11) is 0. The summed E-state index contributed by atoms with van der Waals surface area (Å²) in [5.74, 6) is 0.894. The Morgan fingerprint density at radius 2 is 1.61 bits per heavy atom. The van der Waals surface area contributed by atoms with Gasteiger partial charge in [-0.05, 0) is 74.0 Å². The fourth-order valence-corrected chi connectivity index (χ4v) is 6.17. The van der Waals surface area contributed by atoms with E-state index in [1.54, 1.807) is 6.07 Å². The molecule has 2 saturated carbocycles. The van der Waals surface area contributed by atoms with Gasteiger partial charge >= 0.3 is 5.97 Å². The number of carbonyl (C=O) groups is 4. The molecule has 6 rings (SSSR count). The van der Waals surface area contributed by atoms with Crippen LogP contribution in [-0.2, 0) is 19.1 Å². The average molecular weight is 450 g/mol. The lowest BCUT2D eigenvalue weighted by molar-refractivity contribution is -0.143. The van der Waals surface area contributed by atoms with Gasteiger partial charge in [-0.25, -0.2) is 0 Å². The fraction of sp³-hybridized carbons (Fsp3) is 0.556. The maximum absolute atomic E-state index is 12.9. The second-order valence-corrected chi connectivity index (χ2v) is 10.2. The second-order valence-electron chi connectivity index (χ2n) is 10.2. The van der Waals surface area contributed by atoms with Gasteiger partial charge in [0.25, 0.3) is 0 Å². The molecule has 4 aliphatic carbocycles. The van der Waals surface area contributed by atoms with Crippen LogP contribution in [0.1, 0.15) is 53.6 Å². The molecule has 0 N–H and O–H groups in total. The number of ketones is 1. The van der Waals surface area contributed by atoms with Crippen LogP contribution in [0.3, 0.4) is 0 Å². The summed E-state index contributed by atoms with van der Waals surface area (Å²) in [4.78, 5) is 51.6. The summed E-state index contributed by atoms with van der Waals surface area (Å²) < 4.78 is 5.14. The topological polar surface area (TPSA) is 80.8 Å². The maximum atomic E-state index is 12.9. The summed E-state index contributed by atoms with van der Waals surface area (Å²) in [5, 5.41) is 0. The first-order valence-electron chi connectivity index (χ1n) is 12.2. The predicted octanol–water partition coefficient (Wildman–Crippen LogP) is 3.64. The van der Waals surface area contributed by atoms with Crippen LogP contribution < -0.4 is 0 Å². The van der Waals surface area contributed by atoms with E-state index in [9.17, 15) is 19.2 Å². The summed E-state index contributed by atoms with van der Waals surface area (Å²) in [6, 6.07) is 5.45. The molecule has 6 nitrogen and oxygen atoms in total. The highest BCUT2D eigenvalue weighted by Crippen LogP contribution is 2.65. The smallest absolute Gasteiger partial charge is 0.306 e. The molecule has 0 radical (unpaired) electrons. The number of benzene rings is 1. The van der Waals surface area contributed by atoms with Gasteiger partial charge in [-0.1, -0.05) is 30.7 Å². The minimum Gasteiger partial charge on any atom is -0.457 e. The minimum atomic E-state index is -0.395. The van der Waals surface area contributed by atoms with Crippen LogP contribution >= 0.6 is 0 Å². The third-order valence-corrected chi connectivity index (χ3v) is 8.21. The van der Waals surface area contributed by atoms with Crippen molar-refractivity contribution in [2.75, 3.05) is 13.2 Å². The molecule has 0 spiro atoms. The van der Waals surface area contributed by atoms with Crippen molar-refractivity contribution in [1.82, 2.24) is 4.90 Å². The van der Waals surface area contributed by atoms with Gasteiger partial charge in [-0.15, -0.1) is 0 Å². The van der Waals surface area contributed by atoms with Crippen LogP contribution in [0, 0.1) is 49.4 Å². The van der Waals surface area contributed by atoms with E-state index >= 15 is 0 Å². The van der Waals surface area contributed by atoms with Crippen LogP contribution in [0.25, 0.3) is 0 Å². The highest BCUT2D eigenvalue weighted by Gasteiger charge is 2.66. The summed E-state index contributed by atoms with van der Waals surface area (Å²) in [6.07, 6.45) is 7.78. The molecule has 5 aliphatic rings. The van der Waals surface area contributed by atoms with Gasteiger partial charge in [0.15, 0.2) is 12.4 Å². The molecule has 6 atom stereocenters. The molecule has 1 saturated heterocycles. The van der Waals surface area contributed by atoms with Gasteiger partial charge in [0.1, 0.15) is 0 Å². The number of amides is 2. The van der Waals surface area contributed by atoms with Gasteiger partial charge in [0.05, 0.1) is 11.8 Å². The number of hydrogen-bond donors (Lipinski definition) is 0. The monoisotopic (exact) mass is 449 g/mol. The number of carbonyl (C=O) groups excluding carboxylic acids is 4. The van der Waals surface area contributed by atoms with Gasteiger partial charge in [0.2, 0.25) is 11.8 Å². The zero-order valence-corrected chi connectivity index (χ0v) is 19.3. The van der Waals surface area contributed by atoms with Crippen LogP contribution in [0.4, 0.5) is 0 Å². The SMILES string of the molecule is Cc1ccc(C(=O)COC(=O)CCCCCN2C(=O)[C@@H]3[C@H]4C=C[C@H]([C@H]5C[C@H]45)[C@@H]3C2=O)cc1C. The Labute approximate surface area is 194 Å². The summed E-state index contributed by atoms with van der Waals surface area (Å²) in [5.41, 5.74) is 2.69. The number of allylic oxidation sites excluding steroid dienone is 2. The van der Waals surface area contributed by atoms with E-state index in [1.165, 1.54) is 11.3 Å². The quantitative estimate of drug-likeness (QED) is 0.189. The van der Waals surface area contributed by atoms with E-state index in [-0.39, 0.29) is 54.3 Å². The largest absolute Gasteiger partial charge is 0.457 e. The molecule has 0 aromatic heterocycles. The Balaban J connectivity index is 1.02. The molecule has 0 unspecified atom stereocenters. The molecule has 6 heteroatoms. The Bertz CT molecular complexity index is 1010. The number of nitrogens with zero attached hydrogens (tertiary/aromatic N) is 1. The number of imide groups is 1. The first-order valence-corrected chi connectivity index (χ1v) is 12.2. The molecule has 2 bridgehead atoms. The second kappa shape index (κ2) is 8.54. The number of likely N-dealkylation sites (tertiary alicyclic amines) is 1. The molecule has 1 aliphatic heterocycles. The van der Waals surface area contributed by atoms with Crippen molar-refractivity contribution in [3.8, 4) is 0 Å². The molecule has 3 fully saturated rings. The Kier molecular flexibility index (Phi) is 5.71. The highest BCUT2D eigenvalue weighted by atomic mass is 16.5. The Morgan fingerprint density at radius 1 is 0.939 bits per heavy atom. The standard InChI is InChI=1S/C27H31NO5/c1-15-7-8-17(12-16(15)2)22(29)14-33-23(30)6-4-3-5-11-28-26(31)24-18-9-10-19(21-13-20(18)21)25(24)27(28)32/h7-10,12,18-21,24-25H,3-6,11,13-14H2,1-2H3/t18-,19+,20-,21-,24+,25-/m1/s1. The lowest BCUT2D eigenvalue weighted by Crippen LogP contribution is -2.40. The molecule has 1 aromatic carbocycles. The predicted molar refractivity (Wildman–Crippen MR) is 121 cm³/mol. The number of Topliss-reactive ketones (excluding diaryl/α,β-unsaturated/α-hetero) is 1. The van der Waals surface area contributed by atoms with E-state index < -0.39 is 5.97 Å². The number of unbranched alkanes of at least 4 members (excludes halogenated alkanes) is 2. The zero-order valence-electron chi connectivity index (χ0n) is 19.3. The van der Waals surface area contributed by atoms with Crippen molar-refractivity contribution < 1.29 is 23.9 Å². The van der Waals surface area contributed by atoms with Gasteiger partial charge in [-0.3, -0.25) is 24.1 Å². The Hall–Kier alpha value is -2.76. The normalized spacial score (nSPS) is 30.9. The summed E-state index contributed by atoms with van der Waals surface area (Å²) >= 11 is 0. The van der Waals surface area contributed by atoms with E-state index in [1.807, 2.05) is 26.0 Å². The van der Waals surface area contributed by atoms with Crippen molar-refractivity contribution in [2.45, 2.75) is 46.0 Å². The van der Waals surface area contributed by atoms with Gasteiger partial charge < -0.3 is 4.74 Å². The average Bonchev–Trinajstić information content (AvgIpc) is 3.59. The fourth-order valence-electron chi connectivity index (χ4n) is 6.17.